The Morgan fingerprint density at radius 1 is 1.52 bits per heavy atom. The second-order valence-corrected chi connectivity index (χ2v) is 5.56. The van der Waals surface area contributed by atoms with Crippen molar-refractivity contribution in [2.45, 2.75) is 39.5 Å². The lowest BCUT2D eigenvalue weighted by molar-refractivity contribution is 0.0830. The minimum atomic E-state index is 0.158. The van der Waals surface area contributed by atoms with E-state index in [1.165, 1.54) is 11.3 Å². The average Bonchev–Trinajstić information content (AvgIpc) is 3.19. The molecule has 0 bridgehead atoms. The van der Waals surface area contributed by atoms with Crippen LogP contribution >= 0.6 is 0 Å². The van der Waals surface area contributed by atoms with E-state index in [-0.39, 0.29) is 6.10 Å². The van der Waals surface area contributed by atoms with Crippen molar-refractivity contribution in [3.8, 4) is 0 Å². The van der Waals surface area contributed by atoms with Gasteiger partial charge in [0.1, 0.15) is 6.10 Å². The molecule has 1 saturated heterocycles. The third-order valence-corrected chi connectivity index (χ3v) is 4.21. The van der Waals surface area contributed by atoms with Crippen molar-refractivity contribution in [2.75, 3.05) is 13.2 Å². The molecule has 1 fully saturated rings. The molecule has 21 heavy (non-hydrogen) atoms. The highest BCUT2D eigenvalue weighted by atomic mass is 16.5. The van der Waals surface area contributed by atoms with Crippen LogP contribution in [0.3, 0.4) is 0 Å². The lowest BCUT2D eigenvalue weighted by atomic mass is 9.99. The highest BCUT2D eigenvalue weighted by Gasteiger charge is 2.31. The maximum absolute atomic E-state index is 5.94. The Morgan fingerprint density at radius 2 is 2.43 bits per heavy atom. The molecule has 0 spiro atoms. The Kier molecular flexibility index (Phi) is 4.36. The molecule has 0 amide bonds. The van der Waals surface area contributed by atoms with Gasteiger partial charge in [0, 0.05) is 49.6 Å². The van der Waals surface area contributed by atoms with Crippen molar-refractivity contribution in [3.63, 3.8) is 0 Å². The molecule has 0 aromatic carbocycles. The number of aromatic amines is 1. The molecule has 3 heterocycles. The van der Waals surface area contributed by atoms with Crippen LogP contribution < -0.4 is 5.32 Å². The van der Waals surface area contributed by atoms with Crippen LogP contribution in [0.2, 0.25) is 0 Å². The zero-order valence-electron chi connectivity index (χ0n) is 12.7. The first-order chi connectivity index (χ1) is 10.3. The summed E-state index contributed by atoms with van der Waals surface area (Å²) in [7, 11) is 0. The largest absolute Gasteiger partial charge is 0.372 e. The van der Waals surface area contributed by atoms with Gasteiger partial charge < -0.3 is 10.1 Å². The smallest absolute Gasteiger partial charge is 0.103 e. The molecule has 2 aromatic heterocycles. The van der Waals surface area contributed by atoms with E-state index in [9.17, 15) is 0 Å². The number of aryl methyl sites for hydroxylation is 2. The molecule has 6 heteroatoms. The number of nitrogens with one attached hydrogen (secondary N) is 2. The van der Waals surface area contributed by atoms with E-state index in [0.717, 1.165) is 38.4 Å². The predicted octanol–water partition coefficient (Wildman–Crippen LogP) is 1.80. The number of H-pyrrole nitrogens is 1. The lowest BCUT2D eigenvalue weighted by Gasteiger charge is -2.20. The molecule has 114 valence electrons. The first kappa shape index (κ1) is 14.3. The molecule has 2 aromatic rings. The maximum atomic E-state index is 5.94. The molecule has 3 rings (SSSR count). The fourth-order valence-electron chi connectivity index (χ4n) is 2.96. The SMILES string of the molecule is CCn1nccc1[C@@H]1OCC[C@H]1CNCc1cn[nH]c1C. The Hall–Kier alpha value is -1.66. The van der Waals surface area contributed by atoms with Gasteiger partial charge in [-0.2, -0.15) is 10.2 Å². The first-order valence-electron chi connectivity index (χ1n) is 7.62. The summed E-state index contributed by atoms with van der Waals surface area (Å²) in [5.41, 5.74) is 3.55. The van der Waals surface area contributed by atoms with Gasteiger partial charge in [-0.05, 0) is 26.3 Å². The second-order valence-electron chi connectivity index (χ2n) is 5.56. The van der Waals surface area contributed by atoms with Gasteiger partial charge in [-0.3, -0.25) is 9.78 Å². The molecular formula is C15H23N5O. The van der Waals surface area contributed by atoms with Crippen LogP contribution in [0.4, 0.5) is 0 Å². The Bertz CT molecular complexity index is 576. The molecule has 2 N–H and O–H groups in total. The van der Waals surface area contributed by atoms with Crippen LogP contribution in [0.15, 0.2) is 18.5 Å². The molecule has 2 atom stereocenters. The molecule has 0 unspecified atom stereocenters. The number of hydrogen-bond donors (Lipinski definition) is 2. The van der Waals surface area contributed by atoms with E-state index in [4.69, 9.17) is 4.74 Å². The summed E-state index contributed by atoms with van der Waals surface area (Å²) < 4.78 is 7.98. The van der Waals surface area contributed by atoms with Gasteiger partial charge in [-0.25, -0.2) is 0 Å². The van der Waals surface area contributed by atoms with Crippen molar-refractivity contribution >= 4 is 0 Å². The molecule has 1 aliphatic rings. The number of hydrogen-bond acceptors (Lipinski definition) is 4. The van der Waals surface area contributed by atoms with Gasteiger partial charge in [-0.1, -0.05) is 0 Å². The number of rotatable bonds is 6. The van der Waals surface area contributed by atoms with Crippen LogP contribution in [0, 0.1) is 12.8 Å². The third-order valence-electron chi connectivity index (χ3n) is 4.21. The molecule has 1 aliphatic heterocycles. The van der Waals surface area contributed by atoms with Gasteiger partial charge in [0.15, 0.2) is 0 Å². The molecule has 6 nitrogen and oxygen atoms in total. The fraction of sp³-hybridized carbons (Fsp3) is 0.600. The Balaban J connectivity index is 1.58. The molecule has 0 saturated carbocycles. The van der Waals surface area contributed by atoms with Crippen molar-refractivity contribution in [1.82, 2.24) is 25.3 Å². The van der Waals surface area contributed by atoms with Gasteiger partial charge in [0.05, 0.1) is 11.9 Å². The van der Waals surface area contributed by atoms with Gasteiger partial charge >= 0.3 is 0 Å². The summed E-state index contributed by atoms with van der Waals surface area (Å²) in [4.78, 5) is 0. The monoisotopic (exact) mass is 289 g/mol. The highest BCUT2D eigenvalue weighted by molar-refractivity contribution is 5.14. The molecular weight excluding hydrogens is 266 g/mol. The van der Waals surface area contributed by atoms with E-state index >= 15 is 0 Å². The standard InChI is InChI=1S/C15H23N5O/c1-3-20-14(4-6-18-20)15-12(5-7-21-15)8-16-9-13-10-17-19-11(13)2/h4,6,10,12,15-16H,3,5,7-9H2,1-2H3,(H,17,19)/t12-,15+/m0/s1. The summed E-state index contributed by atoms with van der Waals surface area (Å²) >= 11 is 0. The van der Waals surface area contributed by atoms with Crippen molar-refractivity contribution in [3.05, 3.63) is 35.4 Å². The van der Waals surface area contributed by atoms with Crippen LogP contribution in [-0.2, 0) is 17.8 Å². The maximum Gasteiger partial charge on any atom is 0.103 e. The van der Waals surface area contributed by atoms with Crippen LogP contribution in [0.25, 0.3) is 0 Å². The first-order valence-corrected chi connectivity index (χ1v) is 7.62. The molecule has 0 aliphatic carbocycles. The summed E-state index contributed by atoms with van der Waals surface area (Å²) in [5, 5.41) is 14.9. The average molecular weight is 289 g/mol. The van der Waals surface area contributed by atoms with Gasteiger partial charge in [0.2, 0.25) is 0 Å². The minimum Gasteiger partial charge on any atom is -0.372 e. The topological polar surface area (TPSA) is 67.8 Å². The van der Waals surface area contributed by atoms with E-state index < -0.39 is 0 Å². The number of ether oxygens (including phenoxy) is 1. The quantitative estimate of drug-likeness (QED) is 0.851. The second kappa shape index (κ2) is 6.41. The molecule has 0 radical (unpaired) electrons. The zero-order chi connectivity index (χ0) is 14.7. The zero-order valence-corrected chi connectivity index (χ0v) is 12.7. The van der Waals surface area contributed by atoms with E-state index in [1.54, 1.807) is 0 Å². The Labute approximate surface area is 124 Å². The third kappa shape index (κ3) is 3.01. The number of aromatic nitrogens is 4. The minimum absolute atomic E-state index is 0.158. The summed E-state index contributed by atoms with van der Waals surface area (Å²) in [6.07, 6.45) is 5.00. The van der Waals surface area contributed by atoms with Crippen molar-refractivity contribution in [2.24, 2.45) is 5.92 Å². The normalized spacial score (nSPS) is 22.0. The fourth-order valence-corrected chi connectivity index (χ4v) is 2.96. The van der Waals surface area contributed by atoms with Gasteiger partial charge in [0.25, 0.3) is 0 Å². The van der Waals surface area contributed by atoms with E-state index in [2.05, 4.69) is 33.6 Å². The summed E-state index contributed by atoms with van der Waals surface area (Å²) in [5.74, 6) is 0.499. The number of nitrogens with zero attached hydrogens (tertiary/aromatic N) is 3. The van der Waals surface area contributed by atoms with Crippen molar-refractivity contribution in [1.29, 1.82) is 0 Å². The van der Waals surface area contributed by atoms with Gasteiger partial charge in [-0.15, -0.1) is 0 Å². The Morgan fingerprint density at radius 3 is 3.19 bits per heavy atom. The van der Waals surface area contributed by atoms with Crippen LogP contribution in [-0.4, -0.2) is 33.1 Å². The van der Waals surface area contributed by atoms with Crippen LogP contribution in [0.5, 0.6) is 0 Å². The van der Waals surface area contributed by atoms with Crippen molar-refractivity contribution < 1.29 is 4.74 Å². The highest BCUT2D eigenvalue weighted by Crippen LogP contribution is 2.33. The van der Waals surface area contributed by atoms with E-state index in [0.29, 0.717) is 5.92 Å². The van der Waals surface area contributed by atoms with E-state index in [1.807, 2.05) is 24.0 Å². The summed E-state index contributed by atoms with van der Waals surface area (Å²) in [6, 6.07) is 2.08. The summed E-state index contributed by atoms with van der Waals surface area (Å²) in [6.45, 7) is 7.67. The van der Waals surface area contributed by atoms with Crippen LogP contribution in [0.1, 0.15) is 36.4 Å². The lowest BCUT2D eigenvalue weighted by Crippen LogP contribution is -2.25. The predicted molar refractivity (Wildman–Crippen MR) is 79.7 cm³/mol.